The highest BCUT2D eigenvalue weighted by atomic mass is 35.5. The summed E-state index contributed by atoms with van der Waals surface area (Å²) in [6.45, 7) is -0.326. The minimum atomic E-state index is -0.768. The lowest BCUT2D eigenvalue weighted by Gasteiger charge is -2.04. The van der Waals surface area contributed by atoms with Gasteiger partial charge in [-0.2, -0.15) is 0 Å². The maximum Gasteiger partial charge on any atom is 0.293 e. The van der Waals surface area contributed by atoms with Crippen LogP contribution >= 0.6 is 23.2 Å². The molecule has 80 valence electrons. The molecule has 0 aliphatic carbocycles. The number of hydrogen-bond acceptors (Lipinski definition) is 3. The normalized spacial score (nSPS) is 9.80. The van der Waals surface area contributed by atoms with Gasteiger partial charge in [0, 0.05) is 5.69 Å². The number of carbonyl (C=O) groups is 2. The van der Waals surface area contributed by atoms with Crippen LogP contribution < -0.4 is 11.1 Å². The third-order valence-electron chi connectivity index (χ3n) is 1.62. The van der Waals surface area contributed by atoms with Gasteiger partial charge in [-0.1, -0.05) is 23.2 Å². The van der Waals surface area contributed by atoms with Crippen molar-refractivity contribution in [2.45, 2.75) is 0 Å². The van der Waals surface area contributed by atoms with E-state index in [0.717, 1.165) is 0 Å². The monoisotopic (exact) mass is 246 g/mol. The Morgan fingerprint density at radius 2 is 1.93 bits per heavy atom. The van der Waals surface area contributed by atoms with Gasteiger partial charge in [0.05, 0.1) is 16.6 Å². The van der Waals surface area contributed by atoms with Crippen LogP contribution in [0.4, 0.5) is 5.69 Å². The van der Waals surface area contributed by atoms with Crippen molar-refractivity contribution in [3.63, 3.8) is 0 Å². The molecular weight excluding hydrogens is 239 g/mol. The molecule has 1 aromatic carbocycles. The van der Waals surface area contributed by atoms with Crippen LogP contribution in [0.1, 0.15) is 0 Å². The molecule has 3 N–H and O–H groups in total. The molecule has 1 amide bonds. The third-order valence-corrected chi connectivity index (χ3v) is 2.36. The van der Waals surface area contributed by atoms with Crippen LogP contribution in [0.5, 0.6) is 0 Å². The molecule has 0 saturated heterocycles. The van der Waals surface area contributed by atoms with Gasteiger partial charge in [-0.15, -0.1) is 0 Å². The first-order chi connectivity index (χ1) is 7.04. The van der Waals surface area contributed by atoms with E-state index in [1.807, 2.05) is 0 Å². The van der Waals surface area contributed by atoms with Crippen molar-refractivity contribution in [2.75, 3.05) is 11.9 Å². The van der Waals surface area contributed by atoms with Crippen molar-refractivity contribution in [2.24, 2.45) is 5.73 Å². The summed E-state index contributed by atoms with van der Waals surface area (Å²) in [6, 6.07) is 4.51. The fourth-order valence-electron chi connectivity index (χ4n) is 0.867. The number of ketones is 1. The molecule has 15 heavy (non-hydrogen) atoms. The molecular formula is C9H8Cl2N2O2. The van der Waals surface area contributed by atoms with E-state index in [-0.39, 0.29) is 6.54 Å². The Hall–Kier alpha value is -1.10. The van der Waals surface area contributed by atoms with Crippen molar-refractivity contribution in [3.8, 4) is 0 Å². The highest BCUT2D eigenvalue weighted by Gasteiger charge is 2.11. The van der Waals surface area contributed by atoms with Crippen molar-refractivity contribution < 1.29 is 9.59 Å². The maximum atomic E-state index is 11.1. The van der Waals surface area contributed by atoms with E-state index in [1.54, 1.807) is 0 Å². The average molecular weight is 247 g/mol. The Morgan fingerprint density at radius 1 is 1.27 bits per heavy atom. The Labute approximate surface area is 96.3 Å². The second-order valence-electron chi connectivity index (χ2n) is 2.71. The molecule has 6 heteroatoms. The van der Waals surface area contributed by atoms with E-state index >= 15 is 0 Å². The van der Waals surface area contributed by atoms with Crippen molar-refractivity contribution in [1.82, 2.24) is 0 Å². The summed E-state index contributed by atoms with van der Waals surface area (Å²) in [5.74, 6) is -1.46. The number of hydrogen-bond donors (Lipinski definition) is 2. The van der Waals surface area contributed by atoms with Gasteiger partial charge < -0.3 is 11.1 Å². The smallest absolute Gasteiger partial charge is 0.293 e. The SMILES string of the molecule is NCC(=O)C(=O)Nc1ccc(Cl)c(Cl)c1. The maximum absolute atomic E-state index is 11.1. The van der Waals surface area contributed by atoms with Crippen molar-refractivity contribution >= 4 is 40.6 Å². The topological polar surface area (TPSA) is 72.2 Å². The van der Waals surface area contributed by atoms with Gasteiger partial charge in [0.1, 0.15) is 0 Å². The summed E-state index contributed by atoms with van der Waals surface area (Å²) < 4.78 is 0. The first-order valence-electron chi connectivity index (χ1n) is 4.04. The fourth-order valence-corrected chi connectivity index (χ4v) is 1.17. The number of nitrogens with one attached hydrogen (secondary N) is 1. The molecule has 1 rings (SSSR count). The number of amides is 1. The lowest BCUT2D eigenvalue weighted by molar-refractivity contribution is -0.133. The number of nitrogens with two attached hydrogens (primary N) is 1. The lowest BCUT2D eigenvalue weighted by atomic mass is 10.3. The summed E-state index contributed by atoms with van der Waals surface area (Å²) in [7, 11) is 0. The van der Waals surface area contributed by atoms with Crippen molar-refractivity contribution in [1.29, 1.82) is 0 Å². The molecule has 0 fully saturated rings. The lowest BCUT2D eigenvalue weighted by Crippen LogP contribution is -2.29. The van der Waals surface area contributed by atoms with E-state index < -0.39 is 11.7 Å². The van der Waals surface area contributed by atoms with Gasteiger partial charge in [-0.05, 0) is 18.2 Å². The zero-order chi connectivity index (χ0) is 11.4. The zero-order valence-corrected chi connectivity index (χ0v) is 9.10. The quantitative estimate of drug-likeness (QED) is 0.794. The highest BCUT2D eigenvalue weighted by molar-refractivity contribution is 6.43. The average Bonchev–Trinajstić information content (AvgIpc) is 2.22. The van der Waals surface area contributed by atoms with Crippen LogP contribution in [0.3, 0.4) is 0 Å². The molecule has 0 aliphatic rings. The van der Waals surface area contributed by atoms with Crippen LogP contribution in [0.25, 0.3) is 0 Å². The Kier molecular flexibility index (Phi) is 4.08. The van der Waals surface area contributed by atoms with E-state index in [0.29, 0.717) is 15.7 Å². The molecule has 0 atom stereocenters. The first kappa shape index (κ1) is 12.0. The van der Waals surface area contributed by atoms with E-state index in [9.17, 15) is 9.59 Å². The first-order valence-corrected chi connectivity index (χ1v) is 4.79. The van der Waals surface area contributed by atoms with Crippen LogP contribution in [-0.2, 0) is 9.59 Å². The summed E-state index contributed by atoms with van der Waals surface area (Å²) in [6.07, 6.45) is 0. The minimum absolute atomic E-state index is 0.301. The van der Waals surface area contributed by atoms with Gasteiger partial charge in [0.15, 0.2) is 0 Å². The summed E-state index contributed by atoms with van der Waals surface area (Å²) in [5, 5.41) is 3.02. The number of carbonyl (C=O) groups excluding carboxylic acids is 2. The van der Waals surface area contributed by atoms with E-state index in [2.05, 4.69) is 5.32 Å². The molecule has 0 aliphatic heterocycles. The second kappa shape index (κ2) is 5.11. The van der Waals surface area contributed by atoms with E-state index in [4.69, 9.17) is 28.9 Å². The summed E-state index contributed by atoms with van der Waals surface area (Å²) in [4.78, 5) is 22.0. The standard InChI is InChI=1S/C9H8Cl2N2O2/c10-6-2-1-5(3-7(6)11)13-9(15)8(14)4-12/h1-3H,4,12H2,(H,13,15). The number of halogens is 2. The molecule has 1 aromatic rings. The minimum Gasteiger partial charge on any atom is -0.324 e. The second-order valence-corrected chi connectivity index (χ2v) is 3.52. The summed E-state index contributed by atoms with van der Waals surface area (Å²) in [5.41, 5.74) is 5.42. The summed E-state index contributed by atoms with van der Waals surface area (Å²) >= 11 is 11.4. The van der Waals surface area contributed by atoms with Gasteiger partial charge in [-0.3, -0.25) is 9.59 Å². The Morgan fingerprint density at radius 3 is 2.47 bits per heavy atom. The van der Waals surface area contributed by atoms with Gasteiger partial charge in [0.2, 0.25) is 5.78 Å². The fraction of sp³-hybridized carbons (Fsp3) is 0.111. The molecule has 0 aromatic heterocycles. The van der Waals surface area contributed by atoms with Gasteiger partial charge >= 0.3 is 0 Å². The van der Waals surface area contributed by atoms with Crippen LogP contribution in [0.2, 0.25) is 10.0 Å². The molecule has 0 saturated carbocycles. The number of Topliss-reactive ketones (excluding diaryl/α,β-unsaturated/α-hetero) is 1. The largest absolute Gasteiger partial charge is 0.324 e. The van der Waals surface area contributed by atoms with Crippen LogP contribution in [-0.4, -0.2) is 18.2 Å². The van der Waals surface area contributed by atoms with E-state index in [1.165, 1.54) is 18.2 Å². The Balaban J connectivity index is 2.77. The van der Waals surface area contributed by atoms with Crippen molar-refractivity contribution in [3.05, 3.63) is 28.2 Å². The molecule has 0 heterocycles. The highest BCUT2D eigenvalue weighted by Crippen LogP contribution is 2.24. The van der Waals surface area contributed by atoms with Crippen LogP contribution in [0, 0.1) is 0 Å². The van der Waals surface area contributed by atoms with Gasteiger partial charge in [-0.25, -0.2) is 0 Å². The zero-order valence-electron chi connectivity index (χ0n) is 7.59. The Bertz CT molecular complexity index is 407. The molecule has 0 bridgehead atoms. The van der Waals surface area contributed by atoms with Gasteiger partial charge in [0.25, 0.3) is 5.91 Å². The predicted octanol–water partition coefficient (Wildman–Crippen LogP) is 1.46. The molecule has 4 nitrogen and oxygen atoms in total. The molecule has 0 unspecified atom stereocenters. The third kappa shape index (κ3) is 3.20. The number of rotatable bonds is 3. The predicted molar refractivity (Wildman–Crippen MR) is 59.2 cm³/mol. The molecule has 0 spiro atoms. The number of benzene rings is 1. The van der Waals surface area contributed by atoms with Crippen LogP contribution in [0.15, 0.2) is 18.2 Å². The number of anilines is 1. The molecule has 0 radical (unpaired) electrons.